The summed E-state index contributed by atoms with van der Waals surface area (Å²) in [6, 6.07) is 9.73. The van der Waals surface area contributed by atoms with Gasteiger partial charge in [0.05, 0.1) is 6.54 Å². The molecule has 1 aromatic rings. The second-order valence-corrected chi connectivity index (χ2v) is 9.40. The molecule has 1 saturated heterocycles. The Hall–Kier alpha value is -1.35. The number of carbonyl (C=O) groups is 1. The lowest BCUT2D eigenvalue weighted by molar-refractivity contribution is -0.115. The van der Waals surface area contributed by atoms with Crippen LogP contribution in [-0.4, -0.2) is 42.9 Å². The monoisotopic (exact) mass is 352 g/mol. The topological polar surface area (TPSA) is 23.6 Å². The molecule has 140 valence electrons. The van der Waals surface area contributed by atoms with E-state index < -0.39 is 0 Å². The van der Waals surface area contributed by atoms with Crippen molar-refractivity contribution in [2.45, 2.75) is 63.3 Å². The summed E-state index contributed by atoms with van der Waals surface area (Å²) in [5, 5.41) is 0. The third-order valence-electron chi connectivity index (χ3n) is 7.95. The van der Waals surface area contributed by atoms with Crippen molar-refractivity contribution < 1.29 is 4.79 Å². The van der Waals surface area contributed by atoms with Gasteiger partial charge in [0, 0.05) is 23.7 Å². The summed E-state index contributed by atoms with van der Waals surface area (Å²) < 4.78 is 0. The summed E-state index contributed by atoms with van der Waals surface area (Å²) in [6.07, 6.45) is 9.88. The molecule has 3 nitrogen and oxygen atoms in total. The van der Waals surface area contributed by atoms with E-state index in [0.29, 0.717) is 6.54 Å². The number of fused-ring (bicyclic) bond motifs is 3. The maximum Gasteiger partial charge on any atom is 0.149 e. The van der Waals surface area contributed by atoms with Crippen LogP contribution in [0, 0.1) is 11.8 Å². The fourth-order valence-electron chi connectivity index (χ4n) is 6.60. The number of carbonyl (C=O) groups excluding carboxylic acids is 1. The first-order valence-corrected chi connectivity index (χ1v) is 10.7. The van der Waals surface area contributed by atoms with E-state index in [4.69, 9.17) is 0 Å². The van der Waals surface area contributed by atoms with Crippen LogP contribution >= 0.6 is 0 Å². The highest BCUT2D eigenvalue weighted by atomic mass is 16.1. The van der Waals surface area contributed by atoms with Gasteiger partial charge in [0.15, 0.2) is 0 Å². The van der Waals surface area contributed by atoms with E-state index in [-0.39, 0.29) is 11.2 Å². The van der Waals surface area contributed by atoms with E-state index in [1.807, 2.05) is 0 Å². The Kier molecular flexibility index (Phi) is 4.11. The molecular formula is C23H32N2O. The molecule has 3 fully saturated rings. The van der Waals surface area contributed by atoms with Crippen LogP contribution in [-0.2, 0) is 10.2 Å². The first-order valence-electron chi connectivity index (χ1n) is 10.7. The number of benzene rings is 1. The van der Waals surface area contributed by atoms with Crippen molar-refractivity contribution in [2.75, 3.05) is 31.1 Å². The molecule has 3 atom stereocenters. The van der Waals surface area contributed by atoms with Crippen LogP contribution in [0.5, 0.6) is 0 Å². The lowest BCUT2D eigenvalue weighted by Gasteiger charge is -2.55. The van der Waals surface area contributed by atoms with Crippen molar-refractivity contribution in [3.8, 4) is 0 Å². The lowest BCUT2D eigenvalue weighted by Crippen LogP contribution is -2.57. The van der Waals surface area contributed by atoms with Gasteiger partial charge < -0.3 is 9.80 Å². The van der Waals surface area contributed by atoms with Crippen LogP contribution < -0.4 is 4.90 Å². The predicted molar refractivity (Wildman–Crippen MR) is 106 cm³/mol. The van der Waals surface area contributed by atoms with E-state index in [0.717, 1.165) is 24.4 Å². The van der Waals surface area contributed by atoms with E-state index in [9.17, 15) is 4.79 Å². The maximum atomic E-state index is 11.8. The second-order valence-electron chi connectivity index (χ2n) is 9.40. The van der Waals surface area contributed by atoms with Gasteiger partial charge in [0.25, 0.3) is 0 Å². The summed E-state index contributed by atoms with van der Waals surface area (Å²) in [5.41, 5.74) is 3.09. The van der Waals surface area contributed by atoms with Gasteiger partial charge in [-0.05, 0) is 69.2 Å². The first kappa shape index (κ1) is 16.8. The standard InChI is InChI=1S/C23H32N2O/c1-17(26)15-25-16-23(20-8-4-5-9-21(20)25)10-12-24(13-11-23)22-14-18-6-2-3-7-19(18)22/h4-5,8-9,18-19,22H,2-3,6-7,10-16H2,1H3. The van der Waals surface area contributed by atoms with Gasteiger partial charge in [0.2, 0.25) is 0 Å². The summed E-state index contributed by atoms with van der Waals surface area (Å²) >= 11 is 0. The average molecular weight is 353 g/mol. The largest absolute Gasteiger partial charge is 0.363 e. The van der Waals surface area contributed by atoms with Crippen LogP contribution in [0.1, 0.15) is 57.4 Å². The number of hydrogen-bond donors (Lipinski definition) is 0. The molecule has 1 spiro atoms. The number of likely N-dealkylation sites (tertiary alicyclic amines) is 1. The summed E-state index contributed by atoms with van der Waals surface area (Å²) in [6.45, 7) is 5.81. The van der Waals surface area contributed by atoms with E-state index in [1.54, 1.807) is 6.92 Å². The van der Waals surface area contributed by atoms with Crippen LogP contribution in [0.25, 0.3) is 0 Å². The molecule has 26 heavy (non-hydrogen) atoms. The Morgan fingerprint density at radius 2 is 1.92 bits per heavy atom. The van der Waals surface area contributed by atoms with Gasteiger partial charge in [-0.2, -0.15) is 0 Å². The fraction of sp³-hybridized carbons (Fsp3) is 0.696. The van der Waals surface area contributed by atoms with Gasteiger partial charge in [-0.25, -0.2) is 0 Å². The lowest BCUT2D eigenvalue weighted by atomic mass is 9.61. The SMILES string of the molecule is CC(=O)CN1CC2(CCN(C3CC4CCCCC43)CC2)c2ccccc21. The molecule has 4 aliphatic rings. The van der Waals surface area contributed by atoms with Crippen molar-refractivity contribution >= 4 is 11.5 Å². The molecule has 2 heterocycles. The molecule has 0 bridgehead atoms. The zero-order chi connectivity index (χ0) is 17.7. The number of ketones is 1. The normalized spacial score (nSPS) is 32.8. The minimum Gasteiger partial charge on any atom is -0.363 e. The molecule has 0 amide bonds. The summed E-state index contributed by atoms with van der Waals surface area (Å²) in [5.74, 6) is 2.32. The molecule has 1 aromatic carbocycles. The number of rotatable bonds is 3. The van der Waals surface area contributed by atoms with Gasteiger partial charge >= 0.3 is 0 Å². The molecule has 3 unspecified atom stereocenters. The number of anilines is 1. The number of Topliss-reactive ketones (excluding diaryl/α,β-unsaturated/α-hetero) is 1. The van der Waals surface area contributed by atoms with Gasteiger partial charge in [-0.1, -0.05) is 37.5 Å². The molecule has 0 N–H and O–H groups in total. The van der Waals surface area contributed by atoms with Crippen molar-refractivity contribution in [3.63, 3.8) is 0 Å². The Balaban J connectivity index is 1.30. The molecule has 2 saturated carbocycles. The molecular weight excluding hydrogens is 320 g/mol. The zero-order valence-electron chi connectivity index (χ0n) is 16.1. The van der Waals surface area contributed by atoms with Crippen molar-refractivity contribution in [1.29, 1.82) is 0 Å². The van der Waals surface area contributed by atoms with Crippen molar-refractivity contribution in [1.82, 2.24) is 4.90 Å². The maximum absolute atomic E-state index is 11.8. The number of hydrogen-bond acceptors (Lipinski definition) is 3. The van der Waals surface area contributed by atoms with E-state index in [1.165, 1.54) is 69.3 Å². The van der Waals surface area contributed by atoms with E-state index >= 15 is 0 Å². The number of para-hydroxylation sites is 1. The van der Waals surface area contributed by atoms with Crippen molar-refractivity contribution in [3.05, 3.63) is 29.8 Å². The van der Waals surface area contributed by atoms with Crippen LogP contribution in [0.15, 0.2) is 24.3 Å². The Labute approximate surface area is 157 Å². The molecule has 2 aliphatic heterocycles. The van der Waals surface area contributed by atoms with Gasteiger partial charge in [-0.15, -0.1) is 0 Å². The van der Waals surface area contributed by atoms with Crippen LogP contribution in [0.3, 0.4) is 0 Å². The van der Waals surface area contributed by atoms with Crippen LogP contribution in [0.2, 0.25) is 0 Å². The molecule has 5 rings (SSSR count). The van der Waals surface area contributed by atoms with Crippen molar-refractivity contribution in [2.24, 2.45) is 11.8 Å². The minimum absolute atomic E-state index is 0.270. The average Bonchev–Trinajstić information content (AvgIpc) is 2.91. The zero-order valence-corrected chi connectivity index (χ0v) is 16.1. The second kappa shape index (κ2) is 6.37. The highest BCUT2D eigenvalue weighted by Gasteiger charge is 2.49. The number of piperidine rings is 1. The third-order valence-corrected chi connectivity index (χ3v) is 7.95. The van der Waals surface area contributed by atoms with Crippen LogP contribution in [0.4, 0.5) is 5.69 Å². The minimum atomic E-state index is 0.270. The number of nitrogens with zero attached hydrogens (tertiary/aromatic N) is 2. The highest BCUT2D eigenvalue weighted by Crippen LogP contribution is 2.51. The summed E-state index contributed by atoms with van der Waals surface area (Å²) in [4.78, 5) is 16.9. The Morgan fingerprint density at radius 3 is 2.69 bits per heavy atom. The highest BCUT2D eigenvalue weighted by molar-refractivity contribution is 5.82. The third kappa shape index (κ3) is 2.62. The Bertz CT molecular complexity index is 691. The molecule has 0 radical (unpaired) electrons. The molecule has 2 aliphatic carbocycles. The predicted octanol–water partition coefficient (Wildman–Crippen LogP) is 4.01. The van der Waals surface area contributed by atoms with E-state index in [2.05, 4.69) is 34.1 Å². The van der Waals surface area contributed by atoms with Gasteiger partial charge in [-0.3, -0.25) is 4.79 Å². The Morgan fingerprint density at radius 1 is 1.15 bits per heavy atom. The smallest absolute Gasteiger partial charge is 0.149 e. The first-order chi connectivity index (χ1) is 12.7. The fourth-order valence-corrected chi connectivity index (χ4v) is 6.60. The molecule has 0 aromatic heterocycles. The molecule has 3 heteroatoms. The quantitative estimate of drug-likeness (QED) is 0.821. The van der Waals surface area contributed by atoms with Gasteiger partial charge in [0.1, 0.15) is 5.78 Å². The summed E-state index contributed by atoms with van der Waals surface area (Å²) in [7, 11) is 0.